The summed E-state index contributed by atoms with van der Waals surface area (Å²) in [6.07, 6.45) is 8.83. The molecule has 1 fully saturated rings. The Morgan fingerprint density at radius 1 is 1.25 bits per heavy atom. The zero-order valence-electron chi connectivity index (χ0n) is 12.6. The molecule has 1 aliphatic carbocycles. The van der Waals surface area contributed by atoms with Crippen molar-refractivity contribution in [2.45, 2.75) is 64.0 Å². The van der Waals surface area contributed by atoms with Gasteiger partial charge in [-0.3, -0.25) is 0 Å². The molecule has 1 aromatic heterocycles. The van der Waals surface area contributed by atoms with Crippen LogP contribution in [0.5, 0.6) is 11.6 Å². The fourth-order valence-electron chi connectivity index (χ4n) is 2.62. The van der Waals surface area contributed by atoms with Gasteiger partial charge in [-0.25, -0.2) is 4.98 Å². The van der Waals surface area contributed by atoms with Gasteiger partial charge in [0.05, 0.1) is 11.6 Å². The fourth-order valence-corrected chi connectivity index (χ4v) is 2.62. The van der Waals surface area contributed by atoms with Crippen molar-refractivity contribution >= 4 is 0 Å². The number of hydrogen-bond acceptors (Lipinski definition) is 4. The highest BCUT2D eigenvalue weighted by Crippen LogP contribution is 2.29. The van der Waals surface area contributed by atoms with Crippen molar-refractivity contribution in [2.24, 2.45) is 5.73 Å². The van der Waals surface area contributed by atoms with Gasteiger partial charge in [0.1, 0.15) is 6.61 Å². The Balaban J connectivity index is 1.99. The number of aromatic nitrogens is 1. The van der Waals surface area contributed by atoms with Crippen molar-refractivity contribution in [1.29, 1.82) is 0 Å². The van der Waals surface area contributed by atoms with Crippen molar-refractivity contribution in [3.63, 3.8) is 0 Å². The third kappa shape index (κ3) is 4.37. The molecule has 1 saturated carbocycles. The summed E-state index contributed by atoms with van der Waals surface area (Å²) in [7, 11) is 0. The Morgan fingerprint density at radius 3 is 2.60 bits per heavy atom. The third-order valence-corrected chi connectivity index (χ3v) is 3.69. The zero-order chi connectivity index (χ0) is 14.4. The minimum atomic E-state index is -0.219. The van der Waals surface area contributed by atoms with Crippen LogP contribution >= 0.6 is 0 Å². The second-order valence-electron chi connectivity index (χ2n) is 6.04. The van der Waals surface area contributed by atoms with E-state index in [1.165, 1.54) is 25.7 Å². The van der Waals surface area contributed by atoms with Crippen LogP contribution in [0, 0.1) is 0 Å². The van der Waals surface area contributed by atoms with Gasteiger partial charge in [-0.15, -0.1) is 0 Å². The van der Waals surface area contributed by atoms with Gasteiger partial charge in [0.25, 0.3) is 5.88 Å². The van der Waals surface area contributed by atoms with Crippen LogP contribution in [-0.4, -0.2) is 23.2 Å². The fraction of sp³-hybridized carbons (Fsp3) is 0.688. The maximum Gasteiger partial charge on any atom is 0.257 e. The maximum absolute atomic E-state index is 6.46. The van der Waals surface area contributed by atoms with E-state index in [4.69, 9.17) is 15.2 Å². The van der Waals surface area contributed by atoms with E-state index >= 15 is 0 Å². The molecule has 20 heavy (non-hydrogen) atoms. The number of nitrogens with two attached hydrogens (primary N) is 1. The van der Waals surface area contributed by atoms with Crippen molar-refractivity contribution in [3.05, 3.63) is 18.3 Å². The lowest BCUT2D eigenvalue weighted by Gasteiger charge is -2.28. The molecule has 4 heteroatoms. The standard InChI is InChI=1S/C16H26N2O2/c1-13(2)20-14-8-7-11-18-15(14)19-12-16(17)9-5-3-4-6-10-16/h7-8,11,13H,3-6,9-10,12,17H2,1-2H3. The van der Waals surface area contributed by atoms with E-state index in [1.54, 1.807) is 6.20 Å². The van der Waals surface area contributed by atoms with Crippen LogP contribution in [0.25, 0.3) is 0 Å². The van der Waals surface area contributed by atoms with E-state index in [-0.39, 0.29) is 11.6 Å². The molecular weight excluding hydrogens is 252 g/mol. The van der Waals surface area contributed by atoms with E-state index in [2.05, 4.69) is 4.98 Å². The molecule has 0 bridgehead atoms. The first-order chi connectivity index (χ1) is 9.59. The van der Waals surface area contributed by atoms with Gasteiger partial charge in [-0.2, -0.15) is 0 Å². The molecule has 112 valence electrons. The number of ether oxygens (including phenoxy) is 2. The van der Waals surface area contributed by atoms with Crippen LogP contribution in [0.3, 0.4) is 0 Å². The summed E-state index contributed by atoms with van der Waals surface area (Å²) in [5.41, 5.74) is 6.25. The number of hydrogen-bond donors (Lipinski definition) is 1. The quantitative estimate of drug-likeness (QED) is 0.840. The van der Waals surface area contributed by atoms with Crippen molar-refractivity contribution in [2.75, 3.05) is 6.61 Å². The van der Waals surface area contributed by atoms with Gasteiger partial charge in [0.15, 0.2) is 5.75 Å². The van der Waals surface area contributed by atoms with Gasteiger partial charge in [-0.1, -0.05) is 25.7 Å². The third-order valence-electron chi connectivity index (χ3n) is 3.69. The van der Waals surface area contributed by atoms with Gasteiger partial charge < -0.3 is 15.2 Å². The summed E-state index contributed by atoms with van der Waals surface area (Å²) in [5, 5.41) is 0. The second-order valence-corrected chi connectivity index (χ2v) is 6.04. The SMILES string of the molecule is CC(C)Oc1cccnc1OCC1(N)CCCCCC1. The Bertz CT molecular complexity index is 413. The molecular formula is C16H26N2O2. The molecule has 0 atom stereocenters. The smallest absolute Gasteiger partial charge is 0.257 e. The Hall–Kier alpha value is -1.29. The minimum absolute atomic E-state index is 0.103. The highest BCUT2D eigenvalue weighted by atomic mass is 16.5. The molecule has 0 spiro atoms. The van der Waals surface area contributed by atoms with Crippen LogP contribution in [-0.2, 0) is 0 Å². The normalized spacial score (nSPS) is 18.6. The van der Waals surface area contributed by atoms with Crippen LogP contribution in [0.1, 0.15) is 52.4 Å². The molecule has 2 rings (SSSR count). The Kier molecular flexibility index (Phi) is 5.24. The summed E-state index contributed by atoms with van der Waals surface area (Å²) >= 11 is 0. The number of rotatable bonds is 5. The van der Waals surface area contributed by atoms with E-state index in [0.29, 0.717) is 18.2 Å². The summed E-state index contributed by atoms with van der Waals surface area (Å²) in [4.78, 5) is 4.27. The molecule has 0 amide bonds. The molecule has 1 aliphatic rings. The molecule has 2 N–H and O–H groups in total. The minimum Gasteiger partial charge on any atom is -0.485 e. The highest BCUT2D eigenvalue weighted by molar-refractivity contribution is 5.32. The molecule has 0 aliphatic heterocycles. The lowest BCUT2D eigenvalue weighted by molar-refractivity contribution is 0.174. The number of nitrogens with zero attached hydrogens (tertiary/aromatic N) is 1. The molecule has 0 aromatic carbocycles. The topological polar surface area (TPSA) is 57.4 Å². The predicted octanol–water partition coefficient (Wildman–Crippen LogP) is 3.30. The zero-order valence-corrected chi connectivity index (χ0v) is 12.6. The molecule has 1 heterocycles. The second kappa shape index (κ2) is 6.93. The van der Waals surface area contributed by atoms with Crippen LogP contribution in [0.4, 0.5) is 0 Å². The largest absolute Gasteiger partial charge is 0.485 e. The molecule has 4 nitrogen and oxygen atoms in total. The lowest BCUT2D eigenvalue weighted by atomic mass is 9.93. The van der Waals surface area contributed by atoms with E-state index in [9.17, 15) is 0 Å². The van der Waals surface area contributed by atoms with Gasteiger partial charge >= 0.3 is 0 Å². The van der Waals surface area contributed by atoms with Gasteiger partial charge in [-0.05, 0) is 38.8 Å². The van der Waals surface area contributed by atoms with Crippen molar-refractivity contribution in [1.82, 2.24) is 4.98 Å². The molecule has 0 radical (unpaired) electrons. The molecule has 0 saturated heterocycles. The average Bonchev–Trinajstić information content (AvgIpc) is 2.63. The molecule has 0 unspecified atom stereocenters. The highest BCUT2D eigenvalue weighted by Gasteiger charge is 2.27. The first-order valence-corrected chi connectivity index (χ1v) is 7.62. The predicted molar refractivity (Wildman–Crippen MR) is 80.1 cm³/mol. The monoisotopic (exact) mass is 278 g/mol. The maximum atomic E-state index is 6.46. The van der Waals surface area contributed by atoms with Crippen LogP contribution < -0.4 is 15.2 Å². The number of pyridine rings is 1. The summed E-state index contributed by atoms with van der Waals surface area (Å²) < 4.78 is 11.6. The molecule has 1 aromatic rings. The van der Waals surface area contributed by atoms with E-state index in [0.717, 1.165) is 12.8 Å². The Morgan fingerprint density at radius 2 is 1.95 bits per heavy atom. The first-order valence-electron chi connectivity index (χ1n) is 7.62. The van der Waals surface area contributed by atoms with Gasteiger partial charge in [0.2, 0.25) is 0 Å². The van der Waals surface area contributed by atoms with Crippen molar-refractivity contribution in [3.8, 4) is 11.6 Å². The first kappa shape index (κ1) is 15.1. The average molecular weight is 278 g/mol. The van der Waals surface area contributed by atoms with Crippen LogP contribution in [0.2, 0.25) is 0 Å². The summed E-state index contributed by atoms with van der Waals surface area (Å²) in [6.45, 7) is 4.50. The summed E-state index contributed by atoms with van der Waals surface area (Å²) in [5.74, 6) is 1.25. The van der Waals surface area contributed by atoms with Crippen molar-refractivity contribution < 1.29 is 9.47 Å². The Labute approximate surface area is 121 Å². The lowest BCUT2D eigenvalue weighted by Crippen LogP contribution is -2.45. The van der Waals surface area contributed by atoms with Crippen LogP contribution in [0.15, 0.2) is 18.3 Å². The van der Waals surface area contributed by atoms with E-state index in [1.807, 2.05) is 26.0 Å². The summed E-state index contributed by atoms with van der Waals surface area (Å²) in [6, 6.07) is 3.74. The van der Waals surface area contributed by atoms with E-state index < -0.39 is 0 Å². The van der Waals surface area contributed by atoms with Gasteiger partial charge in [0, 0.05) is 6.20 Å².